The fourth-order valence-electron chi connectivity index (χ4n) is 11.0. The SMILES string of the molecule is COc1ccc(C(OC[C@@H]2C[C@@H](OCO[C@@H]3CO[C@@H]4[C@@H](OCOC[C@H]5O[C@@H](ON6C=C(C)C(NC(=O)c7ccccc7)NC6=O)C[C@@H]5O)[C@H](n5cc(C)c(=O)[nH]c5=O)O[C@@H]43)[C@H](On3cc(C)c(=O)[nH]c3=O)O2)(c2ccccc2)c2ccc(OC)cc2)cc1. The number of H-pyrrole nitrogens is 2. The van der Waals surface area contributed by atoms with Crippen molar-refractivity contribution in [2.75, 3.05) is 47.6 Å². The molecule has 27 nitrogen and oxygen atoms in total. The summed E-state index contributed by atoms with van der Waals surface area (Å²) in [4.78, 5) is 93.7. The zero-order chi connectivity index (χ0) is 61.6. The number of aliphatic hydroxyl groups is 1. The van der Waals surface area contributed by atoms with Gasteiger partial charge in [0.15, 0.2) is 12.5 Å². The maximum absolute atomic E-state index is 13.4. The lowest BCUT2D eigenvalue weighted by Gasteiger charge is -2.36. The molecule has 5 aliphatic rings. The van der Waals surface area contributed by atoms with Crippen molar-refractivity contribution in [2.24, 2.45) is 0 Å². The molecule has 88 heavy (non-hydrogen) atoms. The molecule has 0 radical (unpaired) electrons. The molecule has 5 N–H and O–H groups in total. The molecule has 4 saturated heterocycles. The summed E-state index contributed by atoms with van der Waals surface area (Å²) in [7, 11) is 3.18. The molecular weight excluding hydrogens is 1150 g/mol. The van der Waals surface area contributed by atoms with Crippen molar-refractivity contribution in [2.45, 2.75) is 113 Å². The third-order valence-corrected chi connectivity index (χ3v) is 15.7. The van der Waals surface area contributed by atoms with Crippen LogP contribution in [-0.4, -0.2) is 157 Å². The number of hydroxylamine groups is 2. The van der Waals surface area contributed by atoms with Gasteiger partial charge in [0.25, 0.3) is 23.3 Å². The molecule has 4 fully saturated rings. The van der Waals surface area contributed by atoms with Crippen molar-refractivity contribution in [1.29, 1.82) is 0 Å². The molecule has 5 aliphatic heterocycles. The van der Waals surface area contributed by atoms with E-state index in [0.29, 0.717) is 22.6 Å². The number of ether oxygens (including phenoxy) is 11. The number of aromatic nitrogens is 4. The number of nitrogens with one attached hydrogen (secondary N) is 4. The topological polar surface area (TPSA) is 311 Å². The van der Waals surface area contributed by atoms with Gasteiger partial charge in [-0.25, -0.2) is 19.2 Å². The first-order valence-electron chi connectivity index (χ1n) is 28.4. The second-order valence-electron chi connectivity index (χ2n) is 21.5. The number of fused-ring (bicyclic) bond motifs is 1. The standard InChI is InChI=1S/C61H67N7O20/c1-34-27-67(59(74)63-52(34)62-55(72)37-12-8-6-9-13-37)87-48-25-44(69)46(85-48)30-78-32-82-51-50-49(86-56(51)66-26-35(2)53(70)64-58(66)73)47(31-79-50)81-33-80-45-24-43(84-57(45)88-68-28-36(3)54(71)65-60(68)75)29-83-61(38-14-10-7-11-15-38,39-16-20-41(76-4)21-17-39)40-18-22-42(77-5)23-19-40/h6-23,26-28,43-52,56-57,69H,24-25,29-33H2,1-5H3,(H,62,72)(H,63,74)(H,64,70,73)(H,65,71,75)/t43-,44-,45+,46+,47+,48-,49+,50-,51+,52?,56+,57-/m0/s1. The van der Waals surface area contributed by atoms with Gasteiger partial charge in [-0.1, -0.05) is 72.8 Å². The quantitative estimate of drug-likeness (QED) is 0.0331. The van der Waals surface area contributed by atoms with Crippen LogP contribution in [0.15, 0.2) is 153 Å². The summed E-state index contributed by atoms with van der Waals surface area (Å²) < 4.78 is 70.3. The average molecular weight is 1220 g/mol. The van der Waals surface area contributed by atoms with E-state index in [1.54, 1.807) is 51.5 Å². The third-order valence-electron chi connectivity index (χ3n) is 15.7. The van der Waals surface area contributed by atoms with E-state index in [1.165, 1.54) is 37.0 Å². The van der Waals surface area contributed by atoms with Crippen LogP contribution in [0.25, 0.3) is 0 Å². The number of hydrogen-bond donors (Lipinski definition) is 5. The van der Waals surface area contributed by atoms with Crippen molar-refractivity contribution < 1.29 is 76.5 Å². The van der Waals surface area contributed by atoms with Crippen LogP contribution < -0.4 is 47.4 Å². The van der Waals surface area contributed by atoms with Gasteiger partial charge in [0.05, 0.1) is 52.4 Å². The van der Waals surface area contributed by atoms with Crippen LogP contribution in [0.1, 0.15) is 64.2 Å². The number of methoxy groups -OCH3 is 2. The Morgan fingerprint density at radius 3 is 2.01 bits per heavy atom. The minimum Gasteiger partial charge on any atom is -0.497 e. The maximum Gasteiger partial charge on any atom is 0.361 e. The smallest absolute Gasteiger partial charge is 0.361 e. The molecule has 11 rings (SSSR count). The lowest BCUT2D eigenvalue weighted by atomic mass is 9.80. The maximum atomic E-state index is 13.4. The van der Waals surface area contributed by atoms with Crippen molar-refractivity contribution in [3.8, 4) is 11.5 Å². The molecule has 466 valence electrons. The average Bonchev–Trinajstić information content (AvgIpc) is 1.46. The number of aliphatic hydroxyl groups excluding tert-OH is 1. The van der Waals surface area contributed by atoms with E-state index in [9.17, 15) is 33.9 Å². The zero-order valence-electron chi connectivity index (χ0n) is 48.5. The first-order valence-corrected chi connectivity index (χ1v) is 28.4. The van der Waals surface area contributed by atoms with Crippen LogP contribution >= 0.6 is 0 Å². The minimum absolute atomic E-state index is 0.0101. The number of amides is 3. The van der Waals surface area contributed by atoms with Crippen LogP contribution in [0.4, 0.5) is 4.79 Å². The van der Waals surface area contributed by atoms with Gasteiger partial charge < -0.3 is 72.7 Å². The van der Waals surface area contributed by atoms with E-state index in [0.717, 1.165) is 26.5 Å². The number of benzene rings is 4. The van der Waals surface area contributed by atoms with Gasteiger partial charge in [-0.05, 0) is 79.4 Å². The van der Waals surface area contributed by atoms with Gasteiger partial charge >= 0.3 is 17.4 Å². The molecule has 3 amide bonds. The lowest BCUT2D eigenvalue weighted by Crippen LogP contribution is -2.55. The summed E-state index contributed by atoms with van der Waals surface area (Å²) in [5, 5.41) is 17.3. The predicted molar refractivity (Wildman–Crippen MR) is 306 cm³/mol. The number of hydrogen-bond acceptors (Lipinski definition) is 20. The number of aromatic amines is 2. The number of rotatable bonds is 24. The number of carbonyl (C=O) groups excluding carboxylic acids is 2. The molecule has 0 bridgehead atoms. The van der Waals surface area contributed by atoms with Gasteiger partial charge in [-0.15, -0.1) is 4.73 Å². The summed E-state index contributed by atoms with van der Waals surface area (Å²) in [6, 6.07) is 32.7. The third kappa shape index (κ3) is 13.2. The molecule has 27 heteroatoms. The van der Waals surface area contributed by atoms with Crippen LogP contribution in [0, 0.1) is 13.8 Å². The van der Waals surface area contributed by atoms with Crippen LogP contribution in [0.2, 0.25) is 0 Å². The van der Waals surface area contributed by atoms with Gasteiger partial charge in [-0.3, -0.25) is 28.9 Å². The van der Waals surface area contributed by atoms with Gasteiger partial charge in [-0.2, -0.15) is 5.06 Å². The van der Waals surface area contributed by atoms with E-state index in [4.69, 9.17) is 61.8 Å². The van der Waals surface area contributed by atoms with Crippen molar-refractivity contribution >= 4 is 11.9 Å². The highest BCUT2D eigenvalue weighted by Gasteiger charge is 2.55. The Bertz CT molecular complexity index is 3630. The minimum atomic E-state index is -1.25. The second-order valence-corrected chi connectivity index (χ2v) is 21.5. The largest absolute Gasteiger partial charge is 0.497 e. The van der Waals surface area contributed by atoms with Crippen molar-refractivity contribution in [3.05, 3.63) is 208 Å². The summed E-state index contributed by atoms with van der Waals surface area (Å²) in [6.07, 6.45) is -7.30. The van der Waals surface area contributed by atoms with E-state index in [-0.39, 0.29) is 56.5 Å². The Kier molecular flexibility index (Phi) is 18.8. The highest BCUT2D eigenvalue weighted by molar-refractivity contribution is 5.95. The first kappa shape index (κ1) is 61.3. The Morgan fingerprint density at radius 2 is 1.33 bits per heavy atom. The summed E-state index contributed by atoms with van der Waals surface area (Å²) in [5.74, 6) is 0.909. The van der Waals surface area contributed by atoms with Crippen LogP contribution in [-0.2, 0) is 53.1 Å². The molecule has 7 heterocycles. The molecule has 4 aromatic carbocycles. The molecule has 0 aliphatic carbocycles. The Hall–Kier alpha value is -8.32. The number of carbonyl (C=O) groups is 2. The second kappa shape index (κ2) is 27.0. The van der Waals surface area contributed by atoms with E-state index in [1.807, 2.05) is 78.9 Å². The Balaban J connectivity index is 0.748. The number of nitrogens with zero attached hydrogens (tertiary/aromatic N) is 3. The van der Waals surface area contributed by atoms with E-state index >= 15 is 0 Å². The monoisotopic (exact) mass is 1220 g/mol. The number of aryl methyl sites for hydroxylation is 2. The van der Waals surface area contributed by atoms with E-state index in [2.05, 4.69) is 20.6 Å². The normalized spacial score (nSPS) is 25.9. The van der Waals surface area contributed by atoms with E-state index < -0.39 is 115 Å². The van der Waals surface area contributed by atoms with Gasteiger partial charge in [0.1, 0.15) is 73.5 Å². The molecular formula is C61H67N7O20. The summed E-state index contributed by atoms with van der Waals surface area (Å²) in [6.45, 7) is 3.72. The van der Waals surface area contributed by atoms with Crippen molar-refractivity contribution in [3.63, 3.8) is 0 Å². The molecule has 1 unspecified atom stereocenters. The summed E-state index contributed by atoms with van der Waals surface area (Å²) >= 11 is 0. The predicted octanol–water partition coefficient (Wildman–Crippen LogP) is 2.75. The highest BCUT2D eigenvalue weighted by atomic mass is 16.8. The van der Waals surface area contributed by atoms with Gasteiger partial charge in [0, 0.05) is 41.9 Å². The molecule has 0 spiro atoms. The first-order chi connectivity index (χ1) is 42.6. The molecule has 2 aromatic heterocycles. The summed E-state index contributed by atoms with van der Waals surface area (Å²) in [5.41, 5.74) is -0.244. The fourth-order valence-corrected chi connectivity index (χ4v) is 11.0. The molecule has 6 aromatic rings. The zero-order valence-corrected chi connectivity index (χ0v) is 48.5. The van der Waals surface area contributed by atoms with Gasteiger partial charge in [0.2, 0.25) is 0 Å². The fraction of sp³-hybridized carbons (Fsp3) is 0.410. The van der Waals surface area contributed by atoms with Crippen LogP contribution in [0.5, 0.6) is 11.5 Å². The highest BCUT2D eigenvalue weighted by Crippen LogP contribution is 2.43. The Labute approximate surface area is 502 Å². The van der Waals surface area contributed by atoms with Crippen LogP contribution in [0.3, 0.4) is 0 Å². The lowest BCUT2D eigenvalue weighted by molar-refractivity contribution is -0.238. The van der Waals surface area contributed by atoms with Crippen molar-refractivity contribution in [1.82, 2.24) is 35.0 Å². The molecule has 12 atom stereocenters. The molecule has 0 saturated carbocycles. The Morgan fingerprint density at radius 1 is 0.693 bits per heavy atom. The number of urea groups is 1.